The molecule has 258 valence electrons. The second-order valence-corrected chi connectivity index (χ2v) is 13.5. The molecular formula is C39H39N3O8. The number of nitrogens with one attached hydrogen (secondary N) is 1. The van der Waals surface area contributed by atoms with Gasteiger partial charge in [0, 0.05) is 24.4 Å². The fraction of sp³-hybridized carbons (Fsp3) is 0.359. The number of ether oxygens (including phenoxy) is 1. The Hall–Kier alpha value is -5.29. The number of fused-ring (bicyclic) bond motifs is 4. The van der Waals surface area contributed by atoms with Crippen molar-refractivity contribution in [1.82, 2.24) is 9.91 Å². The molecule has 2 saturated heterocycles. The van der Waals surface area contributed by atoms with Crippen LogP contribution >= 0.6 is 0 Å². The Morgan fingerprint density at radius 2 is 1.64 bits per heavy atom. The Balaban J connectivity index is 1.40. The number of likely N-dealkylation sites (tertiary alicyclic amines) is 1. The lowest BCUT2D eigenvalue weighted by molar-refractivity contribution is -0.142. The minimum absolute atomic E-state index is 0.00330. The highest BCUT2D eigenvalue weighted by molar-refractivity contribution is 6.13. The van der Waals surface area contributed by atoms with E-state index >= 15 is 4.79 Å². The molecule has 0 aromatic heterocycles. The van der Waals surface area contributed by atoms with Gasteiger partial charge in [-0.05, 0) is 55.9 Å². The van der Waals surface area contributed by atoms with Gasteiger partial charge in [0.05, 0.1) is 35.5 Å². The van der Waals surface area contributed by atoms with Gasteiger partial charge in [0.1, 0.15) is 12.4 Å². The third kappa shape index (κ3) is 5.27. The molecule has 11 heteroatoms. The van der Waals surface area contributed by atoms with Crippen LogP contribution in [0.1, 0.15) is 48.3 Å². The number of imide groups is 2. The van der Waals surface area contributed by atoms with E-state index in [-0.39, 0.29) is 57.3 Å². The Morgan fingerprint density at radius 1 is 0.920 bits per heavy atom. The minimum atomic E-state index is -1.45. The van der Waals surface area contributed by atoms with Crippen LogP contribution in [-0.4, -0.2) is 69.5 Å². The number of aliphatic hydroxyl groups is 1. The molecule has 3 fully saturated rings. The molecule has 7 rings (SSSR count). The Bertz CT molecular complexity index is 1880. The number of allylic oxidation sites excluding steroid dienone is 2. The molecule has 4 amide bonds. The van der Waals surface area contributed by atoms with Crippen LogP contribution in [0.25, 0.3) is 0 Å². The maximum atomic E-state index is 15.3. The zero-order valence-corrected chi connectivity index (χ0v) is 27.7. The predicted molar refractivity (Wildman–Crippen MR) is 181 cm³/mol. The van der Waals surface area contributed by atoms with Gasteiger partial charge in [0.2, 0.25) is 11.8 Å². The van der Waals surface area contributed by atoms with Crippen molar-refractivity contribution < 1.29 is 38.9 Å². The summed E-state index contributed by atoms with van der Waals surface area (Å²) in [5.41, 5.74) is 5.30. The Morgan fingerprint density at radius 3 is 2.36 bits per heavy atom. The van der Waals surface area contributed by atoms with Gasteiger partial charge in [0.25, 0.3) is 11.8 Å². The normalized spacial score (nSPS) is 27.1. The van der Waals surface area contributed by atoms with Crippen LogP contribution in [0.3, 0.4) is 0 Å². The quantitative estimate of drug-likeness (QED) is 0.200. The zero-order chi connectivity index (χ0) is 35.2. The van der Waals surface area contributed by atoms with Gasteiger partial charge >= 0.3 is 5.97 Å². The topological polar surface area (TPSA) is 154 Å². The Labute approximate surface area is 289 Å². The largest absolute Gasteiger partial charge is 0.491 e. The third-order valence-electron chi connectivity index (χ3n) is 10.8. The number of para-hydroxylation sites is 1. The van der Waals surface area contributed by atoms with Crippen LogP contribution in [-0.2, 0) is 29.4 Å². The number of hydrogen-bond donors (Lipinski definition) is 3. The number of rotatable bonds is 11. The van der Waals surface area contributed by atoms with Gasteiger partial charge in [-0.25, -0.2) is 0 Å². The molecule has 3 aromatic rings. The van der Waals surface area contributed by atoms with Gasteiger partial charge in [-0.1, -0.05) is 77.9 Å². The summed E-state index contributed by atoms with van der Waals surface area (Å²) in [4.78, 5) is 70.3. The van der Waals surface area contributed by atoms with Crippen LogP contribution < -0.4 is 10.2 Å². The van der Waals surface area contributed by atoms with E-state index in [1.54, 1.807) is 24.3 Å². The highest BCUT2D eigenvalue weighted by Gasteiger charge is 2.70. The molecule has 11 nitrogen and oxygen atoms in total. The molecule has 0 radical (unpaired) electrons. The van der Waals surface area contributed by atoms with Crippen LogP contribution in [0.2, 0.25) is 0 Å². The Kier molecular flexibility index (Phi) is 8.77. The van der Waals surface area contributed by atoms with Crippen molar-refractivity contribution in [1.29, 1.82) is 0 Å². The lowest BCUT2D eigenvalue weighted by Gasteiger charge is -2.50. The molecule has 50 heavy (non-hydrogen) atoms. The van der Waals surface area contributed by atoms with Gasteiger partial charge in [-0.3, -0.25) is 34.3 Å². The number of carbonyl (C=O) groups is 5. The molecule has 4 aliphatic rings. The maximum absolute atomic E-state index is 15.3. The van der Waals surface area contributed by atoms with Crippen molar-refractivity contribution in [3.05, 3.63) is 107 Å². The third-order valence-corrected chi connectivity index (χ3v) is 10.8. The molecule has 2 aliphatic heterocycles. The van der Waals surface area contributed by atoms with E-state index in [2.05, 4.69) is 5.43 Å². The summed E-state index contributed by atoms with van der Waals surface area (Å²) in [6, 6.07) is 23.9. The van der Waals surface area contributed by atoms with Gasteiger partial charge in [0.15, 0.2) is 0 Å². The number of aliphatic hydroxyl groups excluding tert-OH is 1. The summed E-state index contributed by atoms with van der Waals surface area (Å²) in [5, 5.41) is 20.0. The van der Waals surface area contributed by atoms with Crippen molar-refractivity contribution in [3.8, 4) is 5.75 Å². The number of carbonyl (C=O) groups excluding carboxylic acids is 4. The first kappa shape index (κ1) is 33.2. The van der Waals surface area contributed by atoms with E-state index in [1.807, 2.05) is 67.6 Å². The average molecular weight is 678 g/mol. The molecule has 0 unspecified atom stereocenters. The zero-order valence-electron chi connectivity index (χ0n) is 27.7. The summed E-state index contributed by atoms with van der Waals surface area (Å²) < 4.78 is 6.07. The summed E-state index contributed by atoms with van der Waals surface area (Å²) in [7, 11) is 0. The molecule has 2 aliphatic carbocycles. The van der Waals surface area contributed by atoms with E-state index in [9.17, 15) is 29.4 Å². The van der Waals surface area contributed by atoms with E-state index in [0.717, 1.165) is 16.1 Å². The molecule has 3 N–H and O–H groups in total. The molecule has 2 heterocycles. The number of anilines is 1. The van der Waals surface area contributed by atoms with E-state index < -0.39 is 52.8 Å². The SMILES string of the molecule is Cc1ccc(NN2C(=O)[C@@H]3C[C@@H]4C(=CC[C@@H]5C(=O)N(CCCC(=O)O)C(=O)[C@@H]54)[C@H](c4ccccc4OCCO)[C@]3(c3ccccc3)C2=O)cc1. The van der Waals surface area contributed by atoms with Crippen LogP contribution in [0, 0.1) is 30.6 Å². The van der Waals surface area contributed by atoms with Crippen molar-refractivity contribution in [2.24, 2.45) is 23.7 Å². The monoisotopic (exact) mass is 677 g/mol. The van der Waals surface area contributed by atoms with Gasteiger partial charge in [-0.2, -0.15) is 5.01 Å². The lowest BCUT2D eigenvalue weighted by atomic mass is 9.49. The number of nitrogens with zero attached hydrogens (tertiary/aromatic N) is 2. The minimum Gasteiger partial charge on any atom is -0.491 e. The average Bonchev–Trinajstić information content (AvgIpc) is 3.49. The van der Waals surface area contributed by atoms with E-state index in [0.29, 0.717) is 22.6 Å². The first-order valence-electron chi connectivity index (χ1n) is 17.0. The highest BCUT2D eigenvalue weighted by atomic mass is 16.5. The smallest absolute Gasteiger partial charge is 0.303 e. The number of hydrazine groups is 1. The number of aryl methyl sites for hydroxylation is 1. The molecule has 1 saturated carbocycles. The number of aliphatic carboxylic acids is 1. The second-order valence-electron chi connectivity index (χ2n) is 13.5. The number of carboxylic acid groups (broad SMARTS) is 1. The second kappa shape index (κ2) is 13.2. The fourth-order valence-electron chi connectivity index (χ4n) is 8.77. The van der Waals surface area contributed by atoms with E-state index in [4.69, 9.17) is 4.74 Å². The molecular weight excluding hydrogens is 638 g/mol. The standard InChI is InChI=1S/C39H39N3O8/c1-23-13-15-25(16-14-23)40-42-36(47)30-22-29-26(17-18-28-33(29)37(48)41(35(28)46)19-7-12-32(44)45)34(27-10-5-6-11-31(27)50-21-20-43)39(30,38(42)49)24-8-3-2-4-9-24/h2-6,8-11,13-17,28-30,33-34,40,43H,7,12,18-22H2,1H3,(H,44,45)/t28-,29+,30-,33-,34+,39+/m0/s1. The number of benzene rings is 3. The van der Waals surface area contributed by atoms with Crippen LogP contribution in [0.4, 0.5) is 5.69 Å². The molecule has 3 aromatic carbocycles. The van der Waals surface area contributed by atoms with Crippen molar-refractivity contribution in [2.75, 3.05) is 25.2 Å². The summed E-state index contributed by atoms with van der Waals surface area (Å²) >= 11 is 0. The molecule has 0 bridgehead atoms. The predicted octanol–water partition coefficient (Wildman–Crippen LogP) is 4.22. The summed E-state index contributed by atoms with van der Waals surface area (Å²) in [6.07, 6.45) is 2.35. The number of hydrogen-bond acceptors (Lipinski definition) is 8. The van der Waals surface area contributed by atoms with Crippen LogP contribution in [0.15, 0.2) is 90.5 Å². The van der Waals surface area contributed by atoms with Gasteiger partial charge < -0.3 is 14.9 Å². The number of amides is 4. The maximum Gasteiger partial charge on any atom is 0.303 e. The lowest BCUT2D eigenvalue weighted by Crippen LogP contribution is -2.53. The first-order valence-corrected chi connectivity index (χ1v) is 17.0. The van der Waals surface area contributed by atoms with Crippen molar-refractivity contribution in [2.45, 2.75) is 43.9 Å². The molecule has 0 spiro atoms. The summed E-state index contributed by atoms with van der Waals surface area (Å²) in [5.74, 6) is -5.80. The van der Waals surface area contributed by atoms with Crippen molar-refractivity contribution >= 4 is 35.3 Å². The first-order chi connectivity index (χ1) is 24.2. The van der Waals surface area contributed by atoms with Crippen molar-refractivity contribution in [3.63, 3.8) is 0 Å². The highest BCUT2D eigenvalue weighted by Crippen LogP contribution is 2.64. The number of carboxylic acids is 1. The molecule has 6 atom stereocenters. The van der Waals surface area contributed by atoms with Gasteiger partial charge in [-0.15, -0.1) is 0 Å². The fourth-order valence-corrected chi connectivity index (χ4v) is 8.77. The van der Waals surface area contributed by atoms with E-state index in [1.165, 1.54) is 4.90 Å². The summed E-state index contributed by atoms with van der Waals surface area (Å²) in [6.45, 7) is 1.72. The van der Waals surface area contributed by atoms with Crippen LogP contribution in [0.5, 0.6) is 5.75 Å².